The summed E-state index contributed by atoms with van der Waals surface area (Å²) in [6.45, 7) is 0. The van der Waals surface area contributed by atoms with E-state index in [1.54, 1.807) is 24.3 Å². The number of nitrogens with zero attached hydrogens (tertiary/aromatic N) is 1. The number of carbonyl (C=O) groups excluding carboxylic acids is 2. The highest BCUT2D eigenvalue weighted by molar-refractivity contribution is 6.36. The van der Waals surface area contributed by atoms with Gasteiger partial charge in [-0.15, -0.1) is 0 Å². The average Bonchev–Trinajstić information content (AvgIpc) is 2.73. The normalized spacial score (nSPS) is 11.4. The van der Waals surface area contributed by atoms with Crippen molar-refractivity contribution < 1.29 is 18.4 Å². The highest BCUT2D eigenvalue weighted by Gasteiger charge is 2.22. The molecule has 3 rings (SSSR count). The monoisotopic (exact) mass is 493 g/mol. The lowest BCUT2D eigenvalue weighted by Gasteiger charge is -2.15. The van der Waals surface area contributed by atoms with Gasteiger partial charge in [0.05, 0.1) is 22.7 Å². The molecule has 10 heteroatoms. The van der Waals surface area contributed by atoms with Crippen LogP contribution in [0.5, 0.6) is 0 Å². The molecule has 0 aromatic heterocycles. The second kappa shape index (κ2) is 9.96. The fraction of sp³-hybridized carbons (Fsp3) is 0.0455. The molecular weight excluding hydrogens is 483 g/mol. The molecule has 0 aliphatic rings. The fourth-order valence-electron chi connectivity index (χ4n) is 2.89. The van der Waals surface area contributed by atoms with Crippen molar-refractivity contribution in [1.29, 1.82) is 5.26 Å². The molecule has 1 unspecified atom stereocenters. The van der Waals surface area contributed by atoms with Crippen molar-refractivity contribution in [2.75, 3.05) is 5.32 Å². The highest BCUT2D eigenvalue weighted by atomic mass is 35.5. The van der Waals surface area contributed by atoms with Gasteiger partial charge in [0.15, 0.2) is 0 Å². The molecule has 2 N–H and O–H groups in total. The van der Waals surface area contributed by atoms with Crippen LogP contribution in [-0.4, -0.2) is 11.9 Å². The number of hydrogen-bond acceptors (Lipinski definition) is 3. The Balaban J connectivity index is 1.80. The van der Waals surface area contributed by atoms with E-state index in [1.165, 1.54) is 12.1 Å². The maximum Gasteiger partial charge on any atom is 0.326 e. The van der Waals surface area contributed by atoms with E-state index in [-0.39, 0.29) is 15.7 Å². The van der Waals surface area contributed by atoms with Gasteiger partial charge in [-0.2, -0.15) is 5.26 Å². The van der Waals surface area contributed by atoms with E-state index in [9.17, 15) is 23.6 Å². The van der Waals surface area contributed by atoms with Crippen molar-refractivity contribution in [2.24, 2.45) is 0 Å². The summed E-state index contributed by atoms with van der Waals surface area (Å²) in [6.07, 6.45) is 0. The molecule has 1 atom stereocenters. The molecule has 0 saturated carbocycles. The molecule has 0 spiro atoms. The van der Waals surface area contributed by atoms with Crippen molar-refractivity contribution in [3.05, 3.63) is 98.0 Å². The third kappa shape index (κ3) is 5.17. The van der Waals surface area contributed by atoms with Gasteiger partial charge in [-0.3, -0.25) is 10.1 Å². The number of nitriles is 1. The quantitative estimate of drug-likeness (QED) is 0.432. The number of imide groups is 1. The smallest absolute Gasteiger partial charge is 0.306 e. The van der Waals surface area contributed by atoms with E-state index >= 15 is 0 Å². The summed E-state index contributed by atoms with van der Waals surface area (Å²) >= 11 is 18.4. The van der Waals surface area contributed by atoms with Crippen LogP contribution in [0.15, 0.2) is 54.6 Å². The number of halogens is 5. The molecule has 0 heterocycles. The predicted octanol–water partition coefficient (Wildman–Crippen LogP) is 6.54. The van der Waals surface area contributed by atoms with Crippen LogP contribution in [0.25, 0.3) is 0 Å². The lowest BCUT2D eigenvalue weighted by molar-refractivity contribution is 0.0959. The Kier molecular flexibility index (Phi) is 7.31. The Morgan fingerprint density at radius 3 is 2.16 bits per heavy atom. The van der Waals surface area contributed by atoms with Crippen molar-refractivity contribution in [1.82, 2.24) is 5.32 Å². The second-order valence-corrected chi connectivity index (χ2v) is 7.72. The first kappa shape index (κ1) is 23.5. The molecule has 0 aliphatic carbocycles. The number of carbonyl (C=O) groups is 2. The van der Waals surface area contributed by atoms with Gasteiger partial charge in [0, 0.05) is 10.0 Å². The maximum atomic E-state index is 13.7. The van der Waals surface area contributed by atoms with Crippen LogP contribution in [-0.2, 0) is 0 Å². The summed E-state index contributed by atoms with van der Waals surface area (Å²) < 4.78 is 27.4. The first-order valence-corrected chi connectivity index (χ1v) is 10.0. The fourth-order valence-corrected chi connectivity index (χ4v) is 3.51. The zero-order valence-electron chi connectivity index (χ0n) is 15.9. The first-order valence-electron chi connectivity index (χ1n) is 8.91. The van der Waals surface area contributed by atoms with Crippen LogP contribution in [0.3, 0.4) is 0 Å². The van der Waals surface area contributed by atoms with Crippen molar-refractivity contribution in [3.63, 3.8) is 0 Å². The zero-order valence-corrected chi connectivity index (χ0v) is 18.2. The van der Waals surface area contributed by atoms with Crippen molar-refractivity contribution in [2.45, 2.75) is 5.92 Å². The third-order valence-electron chi connectivity index (χ3n) is 4.39. The standard InChI is InChI=1S/C22H12Cl3F2N3O2/c23-12-6-4-11(5-7-12)14(10-28)13-8-16(25)19(9-15(13)24)29-22(32)30-21(31)20-17(26)2-1-3-18(20)27/h1-9,14H,(H2,29,30,31,32). The van der Waals surface area contributed by atoms with Crippen LogP contribution < -0.4 is 10.6 Å². The first-order chi connectivity index (χ1) is 15.2. The number of benzene rings is 3. The van der Waals surface area contributed by atoms with Gasteiger partial charge >= 0.3 is 6.03 Å². The molecular formula is C22H12Cl3F2N3O2. The number of nitrogens with one attached hydrogen (secondary N) is 2. The summed E-state index contributed by atoms with van der Waals surface area (Å²) in [4.78, 5) is 24.2. The van der Waals surface area contributed by atoms with Crippen molar-refractivity contribution >= 4 is 52.4 Å². The van der Waals surface area contributed by atoms with Crippen LogP contribution >= 0.6 is 34.8 Å². The number of amides is 3. The van der Waals surface area contributed by atoms with E-state index in [1.807, 2.05) is 5.32 Å². The van der Waals surface area contributed by atoms with E-state index < -0.39 is 35.1 Å². The van der Waals surface area contributed by atoms with E-state index in [2.05, 4.69) is 11.4 Å². The van der Waals surface area contributed by atoms with E-state index in [0.717, 1.165) is 18.2 Å². The van der Waals surface area contributed by atoms with Crippen molar-refractivity contribution in [3.8, 4) is 6.07 Å². The minimum Gasteiger partial charge on any atom is -0.306 e. The summed E-state index contributed by atoms with van der Waals surface area (Å²) in [6, 6.07) is 13.2. The average molecular weight is 495 g/mol. The van der Waals surface area contributed by atoms with Gasteiger partial charge in [-0.1, -0.05) is 53.0 Å². The second-order valence-electron chi connectivity index (χ2n) is 6.47. The number of rotatable bonds is 4. The molecule has 0 bridgehead atoms. The molecule has 32 heavy (non-hydrogen) atoms. The summed E-state index contributed by atoms with van der Waals surface area (Å²) in [5.74, 6) is -4.27. The summed E-state index contributed by atoms with van der Waals surface area (Å²) in [5, 5.41) is 14.4. The van der Waals surface area contributed by atoms with E-state index in [0.29, 0.717) is 16.1 Å². The van der Waals surface area contributed by atoms with Gasteiger partial charge < -0.3 is 5.32 Å². The highest BCUT2D eigenvalue weighted by Crippen LogP contribution is 2.36. The van der Waals surface area contributed by atoms with Crippen LogP contribution in [0.2, 0.25) is 15.1 Å². The molecule has 0 radical (unpaired) electrons. The van der Waals surface area contributed by atoms with Gasteiger partial charge in [0.2, 0.25) is 0 Å². The van der Waals surface area contributed by atoms with Gasteiger partial charge in [-0.05, 0) is 47.5 Å². The predicted molar refractivity (Wildman–Crippen MR) is 118 cm³/mol. The Morgan fingerprint density at radius 1 is 0.938 bits per heavy atom. The lowest BCUT2D eigenvalue weighted by Crippen LogP contribution is -2.35. The number of hydrogen-bond donors (Lipinski definition) is 2. The summed E-state index contributed by atoms with van der Waals surface area (Å²) in [5.41, 5.74) is 0.136. The molecule has 3 aromatic rings. The lowest BCUT2D eigenvalue weighted by atomic mass is 9.92. The molecule has 162 valence electrons. The molecule has 0 fully saturated rings. The molecule has 5 nitrogen and oxygen atoms in total. The molecule has 3 amide bonds. The largest absolute Gasteiger partial charge is 0.326 e. The summed E-state index contributed by atoms with van der Waals surface area (Å²) in [7, 11) is 0. The van der Waals surface area contributed by atoms with Crippen LogP contribution in [0, 0.1) is 23.0 Å². The van der Waals surface area contributed by atoms with Crippen LogP contribution in [0.1, 0.15) is 27.4 Å². The van der Waals surface area contributed by atoms with Gasteiger partial charge in [0.1, 0.15) is 17.2 Å². The topological polar surface area (TPSA) is 82.0 Å². The zero-order chi connectivity index (χ0) is 23.4. The molecule has 3 aromatic carbocycles. The number of anilines is 1. The Labute approximate surface area is 196 Å². The van der Waals surface area contributed by atoms with Gasteiger partial charge in [-0.25, -0.2) is 13.6 Å². The molecule has 0 saturated heterocycles. The minimum absolute atomic E-state index is 0.0209. The van der Waals surface area contributed by atoms with E-state index in [4.69, 9.17) is 34.8 Å². The Bertz CT molecular complexity index is 1220. The minimum atomic E-state index is -1.27. The molecule has 0 aliphatic heterocycles. The van der Waals surface area contributed by atoms with Gasteiger partial charge in [0.25, 0.3) is 5.91 Å². The Hall–Kier alpha value is -3.18. The third-order valence-corrected chi connectivity index (χ3v) is 5.29. The SMILES string of the molecule is N#CC(c1ccc(Cl)cc1)c1cc(Cl)c(NC(=O)NC(=O)c2c(F)cccc2F)cc1Cl. The Morgan fingerprint density at radius 2 is 1.56 bits per heavy atom. The number of urea groups is 1. The van der Waals surface area contributed by atoms with Crippen LogP contribution in [0.4, 0.5) is 19.3 Å². The maximum absolute atomic E-state index is 13.7.